The van der Waals surface area contributed by atoms with Crippen molar-refractivity contribution in [3.8, 4) is 0 Å². The molecule has 0 aliphatic rings. The lowest BCUT2D eigenvalue weighted by molar-refractivity contribution is -0.139. The van der Waals surface area contributed by atoms with E-state index in [4.69, 9.17) is 0 Å². The molecule has 0 radical (unpaired) electrons. The summed E-state index contributed by atoms with van der Waals surface area (Å²) in [6, 6.07) is 5.08. The third-order valence-corrected chi connectivity index (χ3v) is 3.23. The van der Waals surface area contributed by atoms with Crippen LogP contribution in [0.1, 0.15) is 5.56 Å². The van der Waals surface area contributed by atoms with Crippen LogP contribution in [0.5, 0.6) is 0 Å². The average molecular weight is 261 g/mol. The smallest absolute Gasteiger partial charge is 0.320 e. The molecule has 17 heavy (non-hydrogen) atoms. The largest absolute Gasteiger partial charge is 0.468 e. The Hall–Kier alpha value is -1.47. The molecule has 0 fully saturated rings. The fraction of sp³-hybridized carbons (Fsp3) is 0.300. The Morgan fingerprint density at radius 2 is 1.94 bits per heavy atom. The average Bonchev–Trinajstić information content (AvgIpc) is 2.29. The molecule has 1 aromatic carbocycles. The van der Waals surface area contributed by atoms with E-state index >= 15 is 0 Å². The number of sulfonamides is 1. The molecule has 0 aliphatic carbocycles. The molecule has 0 amide bonds. The first-order valence-corrected chi connectivity index (χ1v) is 6.37. The van der Waals surface area contributed by atoms with E-state index in [-0.39, 0.29) is 5.75 Å². The van der Waals surface area contributed by atoms with E-state index in [1.807, 2.05) is 0 Å². The first kappa shape index (κ1) is 13.6. The highest BCUT2D eigenvalue weighted by molar-refractivity contribution is 7.88. The molecule has 5 nitrogen and oxygen atoms in total. The molecular formula is C10H12FNO4S. The molecule has 1 rings (SSSR count). The minimum Gasteiger partial charge on any atom is -0.468 e. The van der Waals surface area contributed by atoms with Gasteiger partial charge in [-0.05, 0) is 17.7 Å². The van der Waals surface area contributed by atoms with Crippen molar-refractivity contribution in [3.63, 3.8) is 0 Å². The molecule has 0 aliphatic heterocycles. The summed E-state index contributed by atoms with van der Waals surface area (Å²) in [6.45, 7) is -0.417. The van der Waals surface area contributed by atoms with Gasteiger partial charge in [0.15, 0.2) is 0 Å². The monoisotopic (exact) mass is 261 g/mol. The van der Waals surface area contributed by atoms with E-state index in [1.54, 1.807) is 0 Å². The van der Waals surface area contributed by atoms with Crippen LogP contribution < -0.4 is 4.72 Å². The van der Waals surface area contributed by atoms with Gasteiger partial charge in [-0.15, -0.1) is 0 Å². The maximum absolute atomic E-state index is 12.6. The van der Waals surface area contributed by atoms with Crippen LogP contribution in [0.25, 0.3) is 0 Å². The Bertz CT molecular complexity index is 484. The molecule has 1 aromatic rings. The number of hydrogen-bond acceptors (Lipinski definition) is 4. The number of halogens is 1. The van der Waals surface area contributed by atoms with Gasteiger partial charge in [0, 0.05) is 0 Å². The van der Waals surface area contributed by atoms with Crippen LogP contribution in [0.15, 0.2) is 24.3 Å². The van der Waals surface area contributed by atoms with Crippen molar-refractivity contribution in [2.75, 3.05) is 13.7 Å². The minimum absolute atomic E-state index is 0.315. The van der Waals surface area contributed by atoms with Gasteiger partial charge in [0.25, 0.3) is 0 Å². The van der Waals surface area contributed by atoms with Crippen LogP contribution >= 0.6 is 0 Å². The second kappa shape index (κ2) is 5.74. The van der Waals surface area contributed by atoms with Gasteiger partial charge in [0.05, 0.1) is 12.9 Å². The summed E-state index contributed by atoms with van der Waals surface area (Å²) >= 11 is 0. The van der Waals surface area contributed by atoms with E-state index in [0.717, 1.165) is 7.11 Å². The summed E-state index contributed by atoms with van der Waals surface area (Å²) in [5.74, 6) is -1.43. The Morgan fingerprint density at radius 1 is 1.35 bits per heavy atom. The second-order valence-corrected chi connectivity index (χ2v) is 5.09. The summed E-state index contributed by atoms with van der Waals surface area (Å²) in [7, 11) is -2.46. The molecule has 0 heterocycles. The topological polar surface area (TPSA) is 72.5 Å². The van der Waals surface area contributed by atoms with Gasteiger partial charge >= 0.3 is 5.97 Å². The van der Waals surface area contributed by atoms with E-state index in [2.05, 4.69) is 9.46 Å². The van der Waals surface area contributed by atoms with E-state index < -0.39 is 28.4 Å². The van der Waals surface area contributed by atoms with Crippen LogP contribution in [-0.2, 0) is 25.3 Å². The quantitative estimate of drug-likeness (QED) is 0.780. The summed E-state index contributed by atoms with van der Waals surface area (Å²) in [6.07, 6.45) is 0. The first-order valence-electron chi connectivity index (χ1n) is 4.71. The third-order valence-electron chi connectivity index (χ3n) is 1.93. The molecule has 0 saturated heterocycles. The molecule has 0 unspecified atom stereocenters. The normalized spacial score (nSPS) is 11.2. The van der Waals surface area contributed by atoms with Crippen LogP contribution in [0, 0.1) is 5.82 Å². The summed E-state index contributed by atoms with van der Waals surface area (Å²) in [5, 5.41) is 0. The highest BCUT2D eigenvalue weighted by Crippen LogP contribution is 2.06. The molecule has 0 spiro atoms. The van der Waals surface area contributed by atoms with Crippen LogP contribution in [0.3, 0.4) is 0 Å². The maximum Gasteiger partial charge on any atom is 0.320 e. The minimum atomic E-state index is -3.63. The zero-order chi connectivity index (χ0) is 12.9. The van der Waals surface area contributed by atoms with Gasteiger partial charge in [-0.25, -0.2) is 17.5 Å². The number of esters is 1. The van der Waals surface area contributed by atoms with Crippen molar-refractivity contribution in [3.05, 3.63) is 35.6 Å². The van der Waals surface area contributed by atoms with Gasteiger partial charge < -0.3 is 4.74 Å². The lowest BCUT2D eigenvalue weighted by Gasteiger charge is -2.05. The Labute approximate surface area is 98.6 Å². The molecule has 1 N–H and O–H groups in total. The number of nitrogens with one attached hydrogen (secondary N) is 1. The Morgan fingerprint density at radius 3 is 2.47 bits per heavy atom. The summed E-state index contributed by atoms with van der Waals surface area (Å²) < 4.78 is 42.0. The van der Waals surface area contributed by atoms with Crippen molar-refractivity contribution in [1.82, 2.24) is 4.72 Å². The highest BCUT2D eigenvalue weighted by Gasteiger charge is 2.13. The van der Waals surface area contributed by atoms with Gasteiger partial charge in [-0.1, -0.05) is 12.1 Å². The van der Waals surface area contributed by atoms with E-state index in [9.17, 15) is 17.6 Å². The van der Waals surface area contributed by atoms with Crippen molar-refractivity contribution in [2.45, 2.75) is 5.75 Å². The number of ether oxygens (including phenoxy) is 1. The first-order chi connectivity index (χ1) is 7.93. The van der Waals surface area contributed by atoms with Crippen molar-refractivity contribution in [1.29, 1.82) is 0 Å². The number of carbonyl (C=O) groups is 1. The number of hydrogen-bond donors (Lipinski definition) is 1. The van der Waals surface area contributed by atoms with E-state index in [0.29, 0.717) is 5.56 Å². The van der Waals surface area contributed by atoms with Crippen LogP contribution in [0.2, 0.25) is 0 Å². The van der Waals surface area contributed by atoms with Gasteiger partial charge in [0.1, 0.15) is 12.4 Å². The van der Waals surface area contributed by atoms with Gasteiger partial charge in [0.2, 0.25) is 10.0 Å². The summed E-state index contributed by atoms with van der Waals surface area (Å²) in [4.78, 5) is 10.8. The summed E-state index contributed by atoms with van der Waals surface area (Å²) in [5.41, 5.74) is 0.434. The van der Waals surface area contributed by atoms with E-state index in [1.165, 1.54) is 24.3 Å². The van der Waals surface area contributed by atoms with Crippen LogP contribution in [0.4, 0.5) is 4.39 Å². The molecule has 0 bridgehead atoms. The van der Waals surface area contributed by atoms with Crippen molar-refractivity contribution < 1.29 is 22.3 Å². The maximum atomic E-state index is 12.6. The molecular weight excluding hydrogens is 249 g/mol. The molecule has 7 heteroatoms. The number of carbonyl (C=O) groups excluding carboxylic acids is 1. The van der Waals surface area contributed by atoms with Gasteiger partial charge in [-0.3, -0.25) is 4.79 Å². The molecule has 0 atom stereocenters. The van der Waals surface area contributed by atoms with Crippen molar-refractivity contribution in [2.24, 2.45) is 0 Å². The lowest BCUT2D eigenvalue weighted by Crippen LogP contribution is -2.31. The fourth-order valence-corrected chi connectivity index (χ4v) is 2.16. The highest BCUT2D eigenvalue weighted by atomic mass is 32.2. The Kier molecular flexibility index (Phi) is 4.59. The van der Waals surface area contributed by atoms with Crippen molar-refractivity contribution >= 4 is 16.0 Å². The standard InChI is InChI=1S/C10H12FNO4S/c1-16-10(13)6-12-17(14,15)7-8-2-4-9(11)5-3-8/h2-5,12H,6-7H2,1H3. The fourth-order valence-electron chi connectivity index (χ4n) is 1.09. The predicted octanol–water partition coefficient (Wildman–Crippen LogP) is 0.418. The molecule has 94 valence electrons. The number of methoxy groups -OCH3 is 1. The Balaban J connectivity index is 2.60. The van der Waals surface area contributed by atoms with Crippen LogP contribution in [-0.4, -0.2) is 28.0 Å². The lowest BCUT2D eigenvalue weighted by atomic mass is 10.2. The zero-order valence-corrected chi connectivity index (χ0v) is 9.96. The molecule has 0 aromatic heterocycles. The predicted molar refractivity (Wildman–Crippen MR) is 59.0 cm³/mol. The SMILES string of the molecule is COC(=O)CNS(=O)(=O)Cc1ccc(F)cc1. The number of rotatable bonds is 5. The van der Waals surface area contributed by atoms with Gasteiger partial charge in [-0.2, -0.15) is 0 Å². The zero-order valence-electron chi connectivity index (χ0n) is 9.14. The number of benzene rings is 1. The third kappa shape index (κ3) is 4.92. The second-order valence-electron chi connectivity index (χ2n) is 3.28. The molecule has 0 saturated carbocycles.